The lowest BCUT2D eigenvalue weighted by Crippen LogP contribution is -2.45. The molecule has 3 nitrogen and oxygen atoms in total. The number of rotatable bonds is 3. The van der Waals surface area contributed by atoms with Crippen molar-refractivity contribution in [3.63, 3.8) is 0 Å². The summed E-state index contributed by atoms with van der Waals surface area (Å²) in [5, 5.41) is 3.52. The maximum Gasteiger partial charge on any atom is 0.0454 e. The molecular weight excluding hydrogens is 222 g/mol. The van der Waals surface area contributed by atoms with E-state index >= 15 is 0 Å². The molecule has 0 spiro atoms. The van der Waals surface area contributed by atoms with Crippen LogP contribution in [0.5, 0.6) is 0 Å². The monoisotopic (exact) mass is 245 g/mol. The Balaban J connectivity index is 1.88. The van der Waals surface area contributed by atoms with Crippen molar-refractivity contribution in [2.45, 2.75) is 18.4 Å². The molecule has 1 N–H and O–H groups in total. The van der Waals surface area contributed by atoms with Crippen LogP contribution in [-0.4, -0.2) is 45.2 Å². The average Bonchev–Trinajstić information content (AvgIpc) is 3.21. The molecular formula is C15H23N3. The number of piperazine rings is 1. The second-order valence-corrected chi connectivity index (χ2v) is 5.64. The fourth-order valence-electron chi connectivity index (χ4n) is 2.98. The third-order valence-electron chi connectivity index (χ3n) is 4.49. The van der Waals surface area contributed by atoms with Crippen LogP contribution >= 0.6 is 0 Å². The summed E-state index contributed by atoms with van der Waals surface area (Å²) in [5.41, 5.74) is 3.20. The van der Waals surface area contributed by atoms with Crippen LogP contribution in [0.3, 0.4) is 0 Å². The van der Waals surface area contributed by atoms with Crippen molar-refractivity contribution in [2.24, 2.45) is 0 Å². The van der Waals surface area contributed by atoms with Gasteiger partial charge in [0, 0.05) is 37.4 Å². The summed E-state index contributed by atoms with van der Waals surface area (Å²) in [7, 11) is 4.30. The predicted octanol–water partition coefficient (Wildman–Crippen LogP) is 1.65. The first kappa shape index (κ1) is 12.0. The van der Waals surface area contributed by atoms with E-state index in [0.29, 0.717) is 0 Å². The minimum Gasteiger partial charge on any atom is -0.369 e. The van der Waals surface area contributed by atoms with Gasteiger partial charge in [0.05, 0.1) is 0 Å². The molecule has 3 rings (SSSR count). The van der Waals surface area contributed by atoms with E-state index in [2.05, 4.69) is 53.5 Å². The number of nitrogens with zero attached hydrogens (tertiary/aromatic N) is 2. The Morgan fingerprint density at radius 1 is 1.06 bits per heavy atom. The zero-order valence-electron chi connectivity index (χ0n) is 11.4. The highest BCUT2D eigenvalue weighted by atomic mass is 15.2. The molecule has 98 valence electrons. The molecule has 2 fully saturated rings. The number of anilines is 1. The van der Waals surface area contributed by atoms with Crippen LogP contribution in [0.2, 0.25) is 0 Å². The summed E-state index contributed by atoms with van der Waals surface area (Å²) in [6.45, 7) is 4.63. The molecule has 0 amide bonds. The molecule has 1 aliphatic carbocycles. The molecule has 18 heavy (non-hydrogen) atoms. The summed E-state index contributed by atoms with van der Waals surface area (Å²) in [5.74, 6) is 0. The Bertz CT molecular complexity index is 418. The molecule has 0 aromatic heterocycles. The number of para-hydroxylation sites is 1. The smallest absolute Gasteiger partial charge is 0.0454 e. The van der Waals surface area contributed by atoms with E-state index in [1.165, 1.54) is 37.2 Å². The molecule has 1 aromatic rings. The van der Waals surface area contributed by atoms with Gasteiger partial charge in [-0.2, -0.15) is 0 Å². The van der Waals surface area contributed by atoms with Crippen LogP contribution in [-0.2, 0) is 5.54 Å². The van der Waals surface area contributed by atoms with E-state index in [-0.39, 0.29) is 5.54 Å². The van der Waals surface area contributed by atoms with Crippen molar-refractivity contribution < 1.29 is 0 Å². The SMILES string of the molecule is CNC1(c2ccccc2N2CCN(C)CC2)CC1. The molecule has 0 bridgehead atoms. The molecule has 0 atom stereocenters. The van der Waals surface area contributed by atoms with Gasteiger partial charge in [0.1, 0.15) is 0 Å². The van der Waals surface area contributed by atoms with Gasteiger partial charge in [0.2, 0.25) is 0 Å². The summed E-state index contributed by atoms with van der Waals surface area (Å²) < 4.78 is 0. The third kappa shape index (κ3) is 2.02. The highest BCUT2D eigenvalue weighted by Gasteiger charge is 2.44. The Labute approximate surface area is 110 Å². The van der Waals surface area contributed by atoms with Gasteiger partial charge < -0.3 is 15.1 Å². The van der Waals surface area contributed by atoms with Crippen LogP contribution in [0.25, 0.3) is 0 Å². The molecule has 2 aliphatic rings. The van der Waals surface area contributed by atoms with Gasteiger partial charge in [-0.1, -0.05) is 18.2 Å². The Hall–Kier alpha value is -1.06. The first-order valence-corrected chi connectivity index (χ1v) is 6.97. The number of hydrogen-bond acceptors (Lipinski definition) is 3. The molecule has 1 heterocycles. The topological polar surface area (TPSA) is 18.5 Å². The maximum absolute atomic E-state index is 3.52. The Morgan fingerprint density at radius 3 is 2.33 bits per heavy atom. The maximum atomic E-state index is 3.52. The zero-order valence-corrected chi connectivity index (χ0v) is 11.4. The van der Waals surface area contributed by atoms with Gasteiger partial charge in [-0.3, -0.25) is 0 Å². The van der Waals surface area contributed by atoms with Gasteiger partial charge in [0.25, 0.3) is 0 Å². The molecule has 1 aromatic carbocycles. The Kier molecular flexibility index (Phi) is 3.04. The van der Waals surface area contributed by atoms with Crippen molar-refractivity contribution in [3.05, 3.63) is 29.8 Å². The van der Waals surface area contributed by atoms with Gasteiger partial charge >= 0.3 is 0 Å². The number of hydrogen-bond donors (Lipinski definition) is 1. The number of nitrogens with one attached hydrogen (secondary N) is 1. The van der Waals surface area contributed by atoms with Crippen LogP contribution < -0.4 is 10.2 Å². The van der Waals surface area contributed by atoms with E-state index in [0.717, 1.165) is 13.1 Å². The van der Waals surface area contributed by atoms with Gasteiger partial charge in [-0.05, 0) is 38.6 Å². The summed E-state index contributed by atoms with van der Waals surface area (Å²) in [4.78, 5) is 4.96. The van der Waals surface area contributed by atoms with Crippen molar-refractivity contribution >= 4 is 5.69 Å². The molecule has 0 radical (unpaired) electrons. The normalized spacial score (nSPS) is 23.1. The summed E-state index contributed by atoms with van der Waals surface area (Å²) in [6, 6.07) is 8.93. The lowest BCUT2D eigenvalue weighted by molar-refractivity contribution is 0.312. The fraction of sp³-hybridized carbons (Fsp3) is 0.600. The minimum atomic E-state index is 0.264. The van der Waals surface area contributed by atoms with Crippen molar-refractivity contribution in [1.29, 1.82) is 0 Å². The summed E-state index contributed by atoms with van der Waals surface area (Å²) in [6.07, 6.45) is 2.54. The van der Waals surface area contributed by atoms with Gasteiger partial charge in [-0.25, -0.2) is 0 Å². The van der Waals surface area contributed by atoms with Crippen molar-refractivity contribution in [1.82, 2.24) is 10.2 Å². The molecule has 3 heteroatoms. The van der Waals surface area contributed by atoms with Crippen LogP contribution in [0.1, 0.15) is 18.4 Å². The van der Waals surface area contributed by atoms with Gasteiger partial charge in [-0.15, -0.1) is 0 Å². The quantitative estimate of drug-likeness (QED) is 0.873. The fourth-order valence-corrected chi connectivity index (χ4v) is 2.98. The predicted molar refractivity (Wildman–Crippen MR) is 76.1 cm³/mol. The second kappa shape index (κ2) is 4.56. The highest BCUT2D eigenvalue weighted by Crippen LogP contribution is 2.48. The number of benzene rings is 1. The average molecular weight is 245 g/mol. The van der Waals surface area contributed by atoms with Crippen LogP contribution in [0, 0.1) is 0 Å². The largest absolute Gasteiger partial charge is 0.369 e. The first-order valence-electron chi connectivity index (χ1n) is 6.97. The van der Waals surface area contributed by atoms with E-state index < -0.39 is 0 Å². The molecule has 1 saturated carbocycles. The lowest BCUT2D eigenvalue weighted by Gasteiger charge is -2.36. The van der Waals surface area contributed by atoms with E-state index in [9.17, 15) is 0 Å². The number of likely N-dealkylation sites (N-methyl/N-ethyl adjacent to an activating group) is 1. The lowest BCUT2D eigenvalue weighted by atomic mass is 10.0. The zero-order chi connectivity index (χ0) is 12.6. The van der Waals surface area contributed by atoms with E-state index in [4.69, 9.17) is 0 Å². The van der Waals surface area contributed by atoms with Gasteiger partial charge in [0.15, 0.2) is 0 Å². The third-order valence-corrected chi connectivity index (χ3v) is 4.49. The molecule has 0 unspecified atom stereocenters. The van der Waals surface area contributed by atoms with Crippen LogP contribution in [0.4, 0.5) is 5.69 Å². The standard InChI is InChI=1S/C15H23N3/c1-16-15(7-8-15)13-5-3-4-6-14(13)18-11-9-17(2)10-12-18/h3-6,16H,7-12H2,1-2H3. The molecule has 1 saturated heterocycles. The van der Waals surface area contributed by atoms with Crippen molar-refractivity contribution in [3.8, 4) is 0 Å². The van der Waals surface area contributed by atoms with E-state index in [1.54, 1.807) is 0 Å². The van der Waals surface area contributed by atoms with E-state index in [1.807, 2.05) is 0 Å². The summed E-state index contributed by atoms with van der Waals surface area (Å²) >= 11 is 0. The molecule has 1 aliphatic heterocycles. The van der Waals surface area contributed by atoms with Crippen LogP contribution in [0.15, 0.2) is 24.3 Å². The Morgan fingerprint density at radius 2 is 1.72 bits per heavy atom. The highest BCUT2D eigenvalue weighted by molar-refractivity contribution is 5.58. The minimum absolute atomic E-state index is 0.264. The first-order chi connectivity index (χ1) is 8.75. The second-order valence-electron chi connectivity index (χ2n) is 5.64. The van der Waals surface area contributed by atoms with Crippen molar-refractivity contribution in [2.75, 3.05) is 45.2 Å².